The fourth-order valence-corrected chi connectivity index (χ4v) is 2.64. The molecule has 0 radical (unpaired) electrons. The molecule has 1 aliphatic carbocycles. The number of carbonyl (C=O) groups excluding carboxylic acids is 2. The molecule has 1 N–H and O–H groups in total. The molecule has 6 heteroatoms. The van der Waals surface area contributed by atoms with E-state index in [0.717, 1.165) is 17.7 Å². The zero-order valence-corrected chi connectivity index (χ0v) is 13.1. The van der Waals surface area contributed by atoms with E-state index in [1.165, 1.54) is 11.3 Å². The summed E-state index contributed by atoms with van der Waals surface area (Å²) < 4.78 is 5.25. The molecule has 20 heavy (non-hydrogen) atoms. The van der Waals surface area contributed by atoms with Crippen LogP contribution in [0.5, 0.6) is 0 Å². The quantitative estimate of drug-likeness (QED) is 0.865. The van der Waals surface area contributed by atoms with Gasteiger partial charge in [-0.1, -0.05) is 0 Å². The van der Waals surface area contributed by atoms with Gasteiger partial charge in [0.2, 0.25) is 0 Å². The first-order valence-corrected chi connectivity index (χ1v) is 7.55. The number of hydrogen-bond donors (Lipinski definition) is 1. The van der Waals surface area contributed by atoms with Gasteiger partial charge in [-0.15, -0.1) is 11.3 Å². The summed E-state index contributed by atoms with van der Waals surface area (Å²) in [5.74, 6) is -0.461. The fourth-order valence-electron chi connectivity index (χ4n) is 1.72. The van der Waals surface area contributed by atoms with Crippen LogP contribution >= 0.6 is 11.3 Å². The van der Waals surface area contributed by atoms with Gasteiger partial charge in [0.25, 0.3) is 5.91 Å². The summed E-state index contributed by atoms with van der Waals surface area (Å²) >= 11 is 1.37. The number of aromatic nitrogens is 1. The molecule has 1 aromatic heterocycles. The number of nitrogens with one attached hydrogen (secondary N) is 1. The number of thiazole rings is 1. The summed E-state index contributed by atoms with van der Waals surface area (Å²) in [5, 5.41) is 3.53. The van der Waals surface area contributed by atoms with E-state index in [4.69, 9.17) is 4.74 Å². The molecule has 0 spiro atoms. The van der Waals surface area contributed by atoms with Crippen molar-refractivity contribution in [2.45, 2.75) is 58.6 Å². The molecule has 0 atom stereocenters. The lowest BCUT2D eigenvalue weighted by atomic mass is 10.2. The lowest BCUT2D eigenvalue weighted by molar-refractivity contribution is -0.153. The maximum atomic E-state index is 12.0. The largest absolute Gasteiger partial charge is 0.460 e. The smallest absolute Gasteiger partial charge is 0.313 e. The molecule has 0 bridgehead atoms. The van der Waals surface area contributed by atoms with E-state index in [-0.39, 0.29) is 18.3 Å². The molecule has 0 aromatic carbocycles. The van der Waals surface area contributed by atoms with Gasteiger partial charge in [-0.05, 0) is 40.5 Å². The van der Waals surface area contributed by atoms with Crippen molar-refractivity contribution in [2.75, 3.05) is 0 Å². The van der Waals surface area contributed by atoms with E-state index in [1.54, 1.807) is 0 Å². The van der Waals surface area contributed by atoms with Gasteiger partial charge in [0.05, 0.1) is 6.42 Å². The second-order valence-electron chi connectivity index (χ2n) is 6.02. The van der Waals surface area contributed by atoms with Crippen LogP contribution in [0.2, 0.25) is 0 Å². The van der Waals surface area contributed by atoms with Gasteiger partial charge in [0.1, 0.15) is 16.3 Å². The first-order valence-electron chi connectivity index (χ1n) is 6.73. The maximum absolute atomic E-state index is 12.0. The number of nitrogens with zero attached hydrogens (tertiary/aromatic N) is 1. The maximum Gasteiger partial charge on any atom is 0.313 e. The van der Waals surface area contributed by atoms with E-state index in [1.807, 2.05) is 27.7 Å². The van der Waals surface area contributed by atoms with E-state index < -0.39 is 5.60 Å². The van der Waals surface area contributed by atoms with E-state index in [9.17, 15) is 9.59 Å². The Morgan fingerprint density at radius 3 is 2.60 bits per heavy atom. The Kier molecular flexibility index (Phi) is 4.13. The number of carbonyl (C=O) groups is 2. The van der Waals surface area contributed by atoms with Crippen molar-refractivity contribution in [2.24, 2.45) is 0 Å². The van der Waals surface area contributed by atoms with Gasteiger partial charge < -0.3 is 10.1 Å². The van der Waals surface area contributed by atoms with Crippen LogP contribution in [0, 0.1) is 6.92 Å². The van der Waals surface area contributed by atoms with Crippen molar-refractivity contribution in [3.05, 3.63) is 15.6 Å². The van der Waals surface area contributed by atoms with Crippen LogP contribution in [0.25, 0.3) is 0 Å². The molecule has 5 nitrogen and oxygen atoms in total. The van der Waals surface area contributed by atoms with Gasteiger partial charge in [-0.25, -0.2) is 4.98 Å². The molecule has 0 unspecified atom stereocenters. The predicted molar refractivity (Wildman–Crippen MR) is 76.9 cm³/mol. The molecule has 1 aliphatic rings. The van der Waals surface area contributed by atoms with E-state index in [0.29, 0.717) is 16.7 Å². The van der Waals surface area contributed by atoms with Crippen LogP contribution in [0.1, 0.15) is 54.0 Å². The van der Waals surface area contributed by atoms with Crippen molar-refractivity contribution in [1.82, 2.24) is 10.3 Å². The summed E-state index contributed by atoms with van der Waals surface area (Å²) in [6.07, 6.45) is 2.19. The van der Waals surface area contributed by atoms with Crippen LogP contribution in [-0.4, -0.2) is 28.5 Å². The van der Waals surface area contributed by atoms with E-state index in [2.05, 4.69) is 10.3 Å². The zero-order valence-electron chi connectivity index (χ0n) is 12.3. The third-order valence-electron chi connectivity index (χ3n) is 2.68. The third kappa shape index (κ3) is 4.30. The molecule has 1 saturated carbocycles. The Morgan fingerprint density at radius 2 is 2.05 bits per heavy atom. The SMILES string of the molecule is Cc1sc(CC(=O)OC(C)(C)C)nc1C(=O)NC1CC1. The Labute approximate surface area is 122 Å². The average Bonchev–Trinajstić information content (AvgIpc) is 2.99. The first-order chi connectivity index (χ1) is 9.24. The third-order valence-corrected chi connectivity index (χ3v) is 3.65. The van der Waals surface area contributed by atoms with Crippen LogP contribution in [0.3, 0.4) is 0 Å². The van der Waals surface area contributed by atoms with E-state index >= 15 is 0 Å². The minimum absolute atomic E-state index is 0.111. The molecule has 1 amide bonds. The molecule has 2 rings (SSSR count). The average molecular weight is 296 g/mol. The second-order valence-corrected chi connectivity index (χ2v) is 7.31. The number of aryl methyl sites for hydroxylation is 1. The van der Waals surface area contributed by atoms with Crippen molar-refractivity contribution in [3.63, 3.8) is 0 Å². The summed E-state index contributed by atoms with van der Waals surface area (Å²) in [7, 11) is 0. The first kappa shape index (κ1) is 15.0. The number of hydrogen-bond acceptors (Lipinski definition) is 5. The number of rotatable bonds is 4. The zero-order chi connectivity index (χ0) is 14.9. The monoisotopic (exact) mass is 296 g/mol. The molecule has 0 aliphatic heterocycles. The topological polar surface area (TPSA) is 68.3 Å². The summed E-state index contributed by atoms with van der Waals surface area (Å²) in [5.41, 5.74) is -0.0734. The Hall–Kier alpha value is -1.43. The highest BCUT2D eigenvalue weighted by atomic mass is 32.1. The van der Waals surface area contributed by atoms with Crippen molar-refractivity contribution < 1.29 is 14.3 Å². The van der Waals surface area contributed by atoms with Crippen molar-refractivity contribution in [1.29, 1.82) is 0 Å². The van der Waals surface area contributed by atoms with Crippen molar-refractivity contribution >= 4 is 23.2 Å². The highest BCUT2D eigenvalue weighted by Gasteiger charge is 2.26. The molecule has 1 heterocycles. The summed E-state index contributed by atoms with van der Waals surface area (Å²) in [6, 6.07) is 0.304. The van der Waals surface area contributed by atoms with Gasteiger partial charge >= 0.3 is 5.97 Å². The summed E-state index contributed by atoms with van der Waals surface area (Å²) in [4.78, 5) is 28.8. The van der Waals surface area contributed by atoms with Gasteiger partial charge in [-0.2, -0.15) is 0 Å². The molecule has 0 saturated heterocycles. The predicted octanol–water partition coefficient (Wildman–Crippen LogP) is 2.23. The minimum Gasteiger partial charge on any atom is -0.460 e. The Balaban J connectivity index is 1.99. The highest BCUT2D eigenvalue weighted by molar-refractivity contribution is 7.12. The standard InChI is InChI=1S/C14H20N2O3S/c1-8-12(13(18)15-9-5-6-9)16-10(20-8)7-11(17)19-14(2,3)4/h9H,5-7H2,1-4H3,(H,15,18). The lowest BCUT2D eigenvalue weighted by Gasteiger charge is -2.18. The molecule has 110 valence electrons. The molecular weight excluding hydrogens is 276 g/mol. The number of amides is 1. The molecule has 1 fully saturated rings. The normalized spacial score (nSPS) is 15.0. The second kappa shape index (κ2) is 5.52. The fraction of sp³-hybridized carbons (Fsp3) is 0.643. The lowest BCUT2D eigenvalue weighted by Crippen LogP contribution is -2.26. The van der Waals surface area contributed by atoms with Crippen LogP contribution < -0.4 is 5.32 Å². The van der Waals surface area contributed by atoms with Crippen LogP contribution in [0.15, 0.2) is 0 Å². The number of ether oxygens (including phenoxy) is 1. The van der Waals surface area contributed by atoms with Crippen LogP contribution in [0.4, 0.5) is 0 Å². The minimum atomic E-state index is -0.504. The highest BCUT2D eigenvalue weighted by Crippen LogP contribution is 2.22. The number of esters is 1. The molecule has 1 aromatic rings. The van der Waals surface area contributed by atoms with Gasteiger partial charge in [0.15, 0.2) is 0 Å². The Morgan fingerprint density at radius 1 is 1.40 bits per heavy atom. The molecular formula is C14H20N2O3S. The van der Waals surface area contributed by atoms with Crippen LogP contribution in [-0.2, 0) is 16.0 Å². The van der Waals surface area contributed by atoms with Gasteiger partial charge in [-0.3, -0.25) is 9.59 Å². The summed E-state index contributed by atoms with van der Waals surface area (Å²) in [6.45, 7) is 7.32. The van der Waals surface area contributed by atoms with Gasteiger partial charge in [0, 0.05) is 10.9 Å². The van der Waals surface area contributed by atoms with Crippen molar-refractivity contribution in [3.8, 4) is 0 Å². The Bertz CT molecular complexity index is 527.